The average Bonchev–Trinajstić information content (AvgIpc) is 3.43. The Hall–Kier alpha value is -3.84. The molecule has 2 N–H and O–H groups in total. The van der Waals surface area contributed by atoms with Crippen LogP contribution in [-0.2, 0) is 28.5 Å². The van der Waals surface area contributed by atoms with Crippen molar-refractivity contribution < 1.29 is 37.4 Å². The Kier molecular flexibility index (Phi) is 9.93. The van der Waals surface area contributed by atoms with Crippen LogP contribution in [0.4, 0.5) is 28.4 Å². The quantitative estimate of drug-likeness (QED) is 0.479. The highest BCUT2D eigenvalue weighted by atomic mass is 19.4. The van der Waals surface area contributed by atoms with E-state index in [4.69, 9.17) is 4.74 Å². The van der Waals surface area contributed by atoms with Crippen molar-refractivity contribution in [1.82, 2.24) is 19.6 Å². The zero-order chi connectivity index (χ0) is 33.1. The Labute approximate surface area is 272 Å². The number of para-hydroxylation sites is 1. The number of piperidine rings is 2. The van der Waals surface area contributed by atoms with Crippen molar-refractivity contribution in [3.63, 3.8) is 0 Å². The Balaban J connectivity index is 1.09. The number of β-amino-alcohol motifs (C(OH)–C–C–N with tert-alkyl or cyclic N) is 1. The molecule has 3 fully saturated rings. The van der Waals surface area contributed by atoms with Crippen molar-refractivity contribution in [2.45, 2.75) is 75.4 Å². The third-order valence-corrected chi connectivity index (χ3v) is 9.99. The molecule has 3 saturated heterocycles. The number of aliphatic hydroxyl groups is 1. The first-order chi connectivity index (χ1) is 22.5. The van der Waals surface area contributed by atoms with Gasteiger partial charge in [-0.2, -0.15) is 13.2 Å². The van der Waals surface area contributed by atoms with E-state index in [9.17, 15) is 32.7 Å². The summed E-state index contributed by atoms with van der Waals surface area (Å²) >= 11 is 0. The summed E-state index contributed by atoms with van der Waals surface area (Å²) in [6, 6.07) is 12.5. The number of nitrogens with zero attached hydrogens (tertiary/aromatic N) is 4. The lowest BCUT2D eigenvalue weighted by atomic mass is 10.0. The van der Waals surface area contributed by atoms with Gasteiger partial charge < -0.3 is 29.9 Å². The summed E-state index contributed by atoms with van der Waals surface area (Å²) in [5.41, 5.74) is 1.29. The average molecular weight is 658 g/mol. The fourth-order valence-electron chi connectivity index (χ4n) is 7.32. The van der Waals surface area contributed by atoms with Crippen LogP contribution in [0.1, 0.15) is 48.8 Å². The van der Waals surface area contributed by atoms with E-state index in [0.717, 1.165) is 36.3 Å². The minimum atomic E-state index is -4.55. The highest BCUT2D eigenvalue weighted by Crippen LogP contribution is 2.31. The number of hydrogen-bond donors (Lipinski definition) is 2. The lowest BCUT2D eigenvalue weighted by Crippen LogP contribution is -2.52. The van der Waals surface area contributed by atoms with Crippen molar-refractivity contribution in [1.29, 1.82) is 0 Å². The van der Waals surface area contributed by atoms with Crippen LogP contribution < -0.4 is 5.32 Å². The van der Waals surface area contributed by atoms with Crippen LogP contribution in [0.15, 0.2) is 48.5 Å². The molecule has 1 unspecified atom stereocenters. The summed E-state index contributed by atoms with van der Waals surface area (Å²) in [6.45, 7) is 3.47. The SMILES string of the molecule is O=C(O[C@H](Cc1cccc(C(F)(F)F)c1)C(=O)N1CCC(N2CCC(O)C2)CC1)N1CCC(N2CCc3ccccc3NC2=O)CC1. The summed E-state index contributed by atoms with van der Waals surface area (Å²) < 4.78 is 46.2. The van der Waals surface area contributed by atoms with Gasteiger partial charge in [0.25, 0.3) is 5.91 Å². The molecule has 47 heavy (non-hydrogen) atoms. The molecule has 13 heteroatoms. The van der Waals surface area contributed by atoms with E-state index >= 15 is 0 Å². The molecule has 0 spiro atoms. The van der Waals surface area contributed by atoms with E-state index in [2.05, 4.69) is 10.2 Å². The molecule has 10 nitrogen and oxygen atoms in total. The highest BCUT2D eigenvalue weighted by Gasteiger charge is 2.37. The minimum Gasteiger partial charge on any atom is -0.436 e. The Bertz CT molecular complexity index is 1440. The van der Waals surface area contributed by atoms with Gasteiger partial charge in [-0.05, 0) is 61.8 Å². The van der Waals surface area contributed by atoms with Gasteiger partial charge in [-0.15, -0.1) is 0 Å². The van der Waals surface area contributed by atoms with Crippen LogP contribution >= 0.6 is 0 Å². The number of carbonyl (C=O) groups is 3. The zero-order valence-electron chi connectivity index (χ0n) is 26.3. The second-order valence-electron chi connectivity index (χ2n) is 13.0. The van der Waals surface area contributed by atoms with Gasteiger partial charge in [0.1, 0.15) is 0 Å². The number of carbonyl (C=O) groups excluding carboxylic acids is 3. The van der Waals surface area contributed by atoms with Crippen LogP contribution in [0, 0.1) is 0 Å². The second kappa shape index (κ2) is 14.1. The van der Waals surface area contributed by atoms with Gasteiger partial charge in [0.15, 0.2) is 6.10 Å². The number of hydrogen-bond acceptors (Lipinski definition) is 6. The second-order valence-corrected chi connectivity index (χ2v) is 13.0. The van der Waals surface area contributed by atoms with Crippen molar-refractivity contribution >= 4 is 23.7 Å². The maximum Gasteiger partial charge on any atom is 0.416 e. The molecule has 0 saturated carbocycles. The monoisotopic (exact) mass is 657 g/mol. The van der Waals surface area contributed by atoms with Gasteiger partial charge in [0, 0.05) is 70.0 Å². The number of fused-ring (bicyclic) bond motifs is 1. The van der Waals surface area contributed by atoms with Crippen LogP contribution in [0.25, 0.3) is 0 Å². The summed E-state index contributed by atoms with van der Waals surface area (Å²) in [6.07, 6.45) is -3.14. The van der Waals surface area contributed by atoms with E-state index in [1.807, 2.05) is 29.2 Å². The van der Waals surface area contributed by atoms with E-state index < -0.39 is 29.8 Å². The fourth-order valence-corrected chi connectivity index (χ4v) is 7.32. The summed E-state index contributed by atoms with van der Waals surface area (Å²) in [7, 11) is 0. The number of aliphatic hydroxyl groups excluding tert-OH is 1. The number of ether oxygens (including phenoxy) is 1. The maximum atomic E-state index is 13.8. The zero-order valence-corrected chi connectivity index (χ0v) is 26.3. The van der Waals surface area contributed by atoms with Gasteiger partial charge in [0.2, 0.25) is 0 Å². The molecule has 0 aliphatic carbocycles. The van der Waals surface area contributed by atoms with Gasteiger partial charge in [0.05, 0.1) is 11.7 Å². The number of alkyl halides is 3. The van der Waals surface area contributed by atoms with Gasteiger partial charge in [-0.25, -0.2) is 9.59 Å². The number of amides is 4. The topological polar surface area (TPSA) is 106 Å². The maximum absolute atomic E-state index is 13.8. The Morgan fingerprint density at radius 1 is 0.894 bits per heavy atom. The number of urea groups is 1. The molecule has 4 heterocycles. The predicted octanol–water partition coefficient (Wildman–Crippen LogP) is 4.37. The number of likely N-dealkylation sites (tertiary alicyclic amines) is 3. The first kappa shape index (κ1) is 33.1. The molecular formula is C34H42F3N5O5. The molecule has 0 aromatic heterocycles. The van der Waals surface area contributed by atoms with Crippen LogP contribution in [0.2, 0.25) is 0 Å². The molecule has 2 atom stereocenters. The summed E-state index contributed by atoms with van der Waals surface area (Å²) in [5.74, 6) is -0.425. The highest BCUT2D eigenvalue weighted by molar-refractivity contribution is 5.91. The Morgan fingerprint density at radius 2 is 1.60 bits per heavy atom. The van der Waals surface area contributed by atoms with Crippen LogP contribution in [0.5, 0.6) is 0 Å². The van der Waals surface area contributed by atoms with E-state index in [1.54, 1.807) is 4.90 Å². The predicted molar refractivity (Wildman–Crippen MR) is 168 cm³/mol. The van der Waals surface area contributed by atoms with Gasteiger partial charge >= 0.3 is 18.3 Å². The van der Waals surface area contributed by atoms with E-state index in [-0.39, 0.29) is 36.2 Å². The molecule has 4 aliphatic heterocycles. The largest absolute Gasteiger partial charge is 0.436 e. The third kappa shape index (κ3) is 7.83. The lowest BCUT2D eigenvalue weighted by Gasteiger charge is -2.39. The number of nitrogens with one attached hydrogen (secondary N) is 1. The van der Waals surface area contributed by atoms with Crippen molar-refractivity contribution in [3.8, 4) is 0 Å². The number of anilines is 1. The summed E-state index contributed by atoms with van der Waals surface area (Å²) in [5, 5.41) is 12.9. The van der Waals surface area contributed by atoms with E-state index in [1.165, 1.54) is 17.0 Å². The molecular weight excluding hydrogens is 615 g/mol. The number of rotatable bonds is 6. The standard InChI is InChI=1S/C34H42F3N5O5/c35-34(36,37)25-6-3-4-23(20-25)21-30(31(44)39-14-9-26(10-15-39)41-18-13-28(43)22-41)47-33(46)40-16-11-27(12-17-40)42-19-8-24-5-1-2-7-29(24)38-32(42)45/h1-7,20,26-28,30,43H,8-19,21-22H2,(H,38,45)/t28?,30-/m1/s1. The molecule has 4 aliphatic rings. The summed E-state index contributed by atoms with van der Waals surface area (Å²) in [4.78, 5) is 47.5. The molecule has 6 rings (SSSR count). The molecule has 2 aromatic rings. The molecule has 0 radical (unpaired) electrons. The third-order valence-electron chi connectivity index (χ3n) is 9.99. The van der Waals surface area contributed by atoms with Crippen molar-refractivity contribution in [2.24, 2.45) is 0 Å². The smallest absolute Gasteiger partial charge is 0.416 e. The van der Waals surface area contributed by atoms with Crippen LogP contribution in [-0.4, -0.2) is 113 Å². The first-order valence-electron chi connectivity index (χ1n) is 16.5. The first-order valence-corrected chi connectivity index (χ1v) is 16.5. The van der Waals surface area contributed by atoms with Gasteiger partial charge in [-0.3, -0.25) is 9.69 Å². The lowest BCUT2D eigenvalue weighted by molar-refractivity contribution is -0.142. The molecule has 2 aromatic carbocycles. The van der Waals surface area contributed by atoms with Crippen molar-refractivity contribution in [2.75, 3.05) is 51.1 Å². The molecule has 4 amide bonds. The molecule has 254 valence electrons. The number of halogens is 3. The minimum absolute atomic E-state index is 0.0751. The number of benzene rings is 2. The van der Waals surface area contributed by atoms with Gasteiger partial charge in [-0.1, -0.05) is 36.4 Å². The normalized spacial score (nSPS) is 22.4. The van der Waals surface area contributed by atoms with Crippen molar-refractivity contribution in [3.05, 3.63) is 65.2 Å². The fraction of sp³-hybridized carbons (Fsp3) is 0.559. The Morgan fingerprint density at radius 3 is 2.30 bits per heavy atom. The van der Waals surface area contributed by atoms with Crippen LogP contribution in [0.3, 0.4) is 0 Å². The van der Waals surface area contributed by atoms with E-state index in [0.29, 0.717) is 71.4 Å². The molecule has 0 bridgehead atoms.